The van der Waals surface area contributed by atoms with Gasteiger partial charge in [-0.3, -0.25) is 0 Å². The summed E-state index contributed by atoms with van der Waals surface area (Å²) in [5.74, 6) is 1.66. The van der Waals surface area contributed by atoms with Gasteiger partial charge in [0.05, 0.1) is 0 Å². The van der Waals surface area contributed by atoms with Crippen molar-refractivity contribution in [2.24, 2.45) is 5.73 Å². The van der Waals surface area contributed by atoms with Gasteiger partial charge in [-0.2, -0.15) is 4.98 Å². The molecular formula is C10H17N5. The normalized spacial score (nSPS) is 17.9. The summed E-state index contributed by atoms with van der Waals surface area (Å²) in [6.07, 6.45) is 3.86. The number of anilines is 2. The van der Waals surface area contributed by atoms with Crippen molar-refractivity contribution >= 4 is 11.8 Å². The Balaban J connectivity index is 2.08. The molecule has 1 aliphatic rings. The first kappa shape index (κ1) is 10.2. The van der Waals surface area contributed by atoms with Crippen LogP contribution in [0.4, 0.5) is 11.8 Å². The minimum absolute atomic E-state index is 0.354. The molecule has 15 heavy (non-hydrogen) atoms. The van der Waals surface area contributed by atoms with Crippen molar-refractivity contribution < 1.29 is 0 Å². The van der Waals surface area contributed by atoms with Gasteiger partial charge < -0.3 is 16.0 Å². The molecule has 0 spiro atoms. The third-order valence-corrected chi connectivity index (χ3v) is 2.73. The third kappa shape index (κ3) is 2.36. The zero-order valence-electron chi connectivity index (χ0n) is 8.98. The maximum absolute atomic E-state index is 5.86. The van der Waals surface area contributed by atoms with E-state index in [0.29, 0.717) is 12.0 Å². The topological polar surface area (TPSA) is 67.1 Å². The van der Waals surface area contributed by atoms with Gasteiger partial charge in [0.2, 0.25) is 5.95 Å². The van der Waals surface area contributed by atoms with Crippen molar-refractivity contribution in [1.82, 2.24) is 9.97 Å². The van der Waals surface area contributed by atoms with Crippen LogP contribution < -0.4 is 16.0 Å². The molecule has 0 unspecified atom stereocenters. The van der Waals surface area contributed by atoms with E-state index in [1.807, 2.05) is 13.1 Å². The number of nitrogens with one attached hydrogen (secondary N) is 1. The van der Waals surface area contributed by atoms with Gasteiger partial charge in [0.25, 0.3) is 0 Å². The summed E-state index contributed by atoms with van der Waals surface area (Å²) in [7, 11) is 1.82. The second kappa shape index (κ2) is 4.44. The Hall–Kier alpha value is -1.36. The molecule has 1 saturated heterocycles. The number of rotatable bonds is 2. The van der Waals surface area contributed by atoms with Crippen LogP contribution in [-0.4, -0.2) is 36.1 Å². The highest BCUT2D eigenvalue weighted by Crippen LogP contribution is 2.17. The molecule has 1 fully saturated rings. The number of piperidine rings is 1. The van der Waals surface area contributed by atoms with Crippen LogP contribution in [0.3, 0.4) is 0 Å². The van der Waals surface area contributed by atoms with E-state index < -0.39 is 0 Å². The van der Waals surface area contributed by atoms with Crippen LogP contribution in [0.25, 0.3) is 0 Å². The lowest BCUT2D eigenvalue weighted by atomic mass is 10.1. The van der Waals surface area contributed by atoms with Crippen LogP contribution in [-0.2, 0) is 0 Å². The van der Waals surface area contributed by atoms with Gasteiger partial charge in [-0.25, -0.2) is 4.98 Å². The van der Waals surface area contributed by atoms with E-state index >= 15 is 0 Å². The van der Waals surface area contributed by atoms with Crippen LogP contribution in [0.1, 0.15) is 12.8 Å². The summed E-state index contributed by atoms with van der Waals surface area (Å²) in [6.45, 7) is 1.97. The van der Waals surface area contributed by atoms with Crippen molar-refractivity contribution in [2.75, 3.05) is 30.4 Å². The Kier molecular flexibility index (Phi) is 3.01. The molecule has 0 bridgehead atoms. The van der Waals surface area contributed by atoms with Gasteiger partial charge in [0.1, 0.15) is 5.82 Å². The van der Waals surface area contributed by atoms with E-state index in [2.05, 4.69) is 20.2 Å². The van der Waals surface area contributed by atoms with E-state index in [-0.39, 0.29) is 0 Å². The van der Waals surface area contributed by atoms with E-state index in [1.165, 1.54) is 0 Å². The van der Waals surface area contributed by atoms with Gasteiger partial charge >= 0.3 is 0 Å². The molecule has 1 aromatic rings. The van der Waals surface area contributed by atoms with E-state index in [1.54, 1.807) is 6.20 Å². The third-order valence-electron chi connectivity index (χ3n) is 2.73. The van der Waals surface area contributed by atoms with Crippen molar-refractivity contribution in [3.05, 3.63) is 12.3 Å². The molecule has 82 valence electrons. The van der Waals surface area contributed by atoms with Gasteiger partial charge in [0, 0.05) is 32.4 Å². The summed E-state index contributed by atoms with van der Waals surface area (Å²) in [4.78, 5) is 10.8. The highest BCUT2D eigenvalue weighted by molar-refractivity contribution is 5.42. The van der Waals surface area contributed by atoms with Crippen molar-refractivity contribution in [3.8, 4) is 0 Å². The SMILES string of the molecule is CNc1nccc(N2CCC(N)CC2)n1. The Morgan fingerprint density at radius 3 is 2.87 bits per heavy atom. The average Bonchev–Trinajstić information content (AvgIpc) is 2.30. The number of nitrogens with two attached hydrogens (primary N) is 1. The molecule has 0 radical (unpaired) electrons. The second-order valence-electron chi connectivity index (χ2n) is 3.81. The Morgan fingerprint density at radius 1 is 1.47 bits per heavy atom. The van der Waals surface area contributed by atoms with Crippen molar-refractivity contribution in [2.45, 2.75) is 18.9 Å². The average molecular weight is 207 g/mol. The number of nitrogens with zero attached hydrogens (tertiary/aromatic N) is 3. The molecule has 0 aromatic carbocycles. The quantitative estimate of drug-likeness (QED) is 0.737. The molecule has 0 atom stereocenters. The summed E-state index contributed by atoms with van der Waals surface area (Å²) in [6, 6.07) is 2.30. The first-order chi connectivity index (χ1) is 7.29. The molecular weight excluding hydrogens is 190 g/mol. The molecule has 2 rings (SSSR count). The molecule has 1 aliphatic heterocycles. The number of aromatic nitrogens is 2. The molecule has 1 aromatic heterocycles. The van der Waals surface area contributed by atoms with Crippen LogP contribution in [0, 0.1) is 0 Å². The predicted octanol–water partition coefficient (Wildman–Crippen LogP) is 0.446. The molecule has 0 amide bonds. The largest absolute Gasteiger partial charge is 0.357 e. The van der Waals surface area contributed by atoms with E-state index in [0.717, 1.165) is 31.7 Å². The number of hydrogen-bond donors (Lipinski definition) is 2. The minimum Gasteiger partial charge on any atom is -0.357 e. The van der Waals surface area contributed by atoms with Gasteiger partial charge in [-0.1, -0.05) is 0 Å². The maximum atomic E-state index is 5.86. The summed E-state index contributed by atoms with van der Waals surface area (Å²) in [5.41, 5.74) is 5.86. The van der Waals surface area contributed by atoms with Gasteiger partial charge in [-0.15, -0.1) is 0 Å². The van der Waals surface area contributed by atoms with Crippen LogP contribution >= 0.6 is 0 Å². The van der Waals surface area contributed by atoms with Gasteiger partial charge in [-0.05, 0) is 18.9 Å². The first-order valence-corrected chi connectivity index (χ1v) is 5.31. The first-order valence-electron chi connectivity index (χ1n) is 5.31. The fourth-order valence-electron chi connectivity index (χ4n) is 1.77. The lowest BCUT2D eigenvalue weighted by Crippen LogP contribution is -2.40. The predicted molar refractivity (Wildman–Crippen MR) is 61.0 cm³/mol. The highest BCUT2D eigenvalue weighted by atomic mass is 15.2. The van der Waals surface area contributed by atoms with E-state index in [4.69, 9.17) is 5.73 Å². The molecule has 0 saturated carbocycles. The zero-order chi connectivity index (χ0) is 10.7. The smallest absolute Gasteiger partial charge is 0.224 e. The van der Waals surface area contributed by atoms with Gasteiger partial charge in [0.15, 0.2) is 0 Å². The summed E-state index contributed by atoms with van der Waals surface area (Å²) < 4.78 is 0. The minimum atomic E-state index is 0.354. The Morgan fingerprint density at radius 2 is 2.20 bits per heavy atom. The fourth-order valence-corrected chi connectivity index (χ4v) is 1.77. The molecule has 5 nitrogen and oxygen atoms in total. The van der Waals surface area contributed by atoms with Crippen LogP contribution in [0.2, 0.25) is 0 Å². The van der Waals surface area contributed by atoms with Crippen molar-refractivity contribution in [1.29, 1.82) is 0 Å². The molecule has 3 N–H and O–H groups in total. The number of hydrogen-bond acceptors (Lipinski definition) is 5. The van der Waals surface area contributed by atoms with Crippen molar-refractivity contribution in [3.63, 3.8) is 0 Å². The summed E-state index contributed by atoms with van der Waals surface area (Å²) >= 11 is 0. The monoisotopic (exact) mass is 207 g/mol. The second-order valence-corrected chi connectivity index (χ2v) is 3.81. The van der Waals surface area contributed by atoms with E-state index in [9.17, 15) is 0 Å². The summed E-state index contributed by atoms with van der Waals surface area (Å²) in [5, 5.41) is 2.94. The Labute approximate surface area is 89.7 Å². The lowest BCUT2D eigenvalue weighted by Gasteiger charge is -2.31. The fraction of sp³-hybridized carbons (Fsp3) is 0.600. The van der Waals surface area contributed by atoms with Crippen LogP contribution in [0.5, 0.6) is 0 Å². The Bertz CT molecular complexity index is 319. The van der Waals surface area contributed by atoms with Crippen LogP contribution in [0.15, 0.2) is 12.3 Å². The maximum Gasteiger partial charge on any atom is 0.224 e. The standard InChI is InChI=1S/C10H17N5/c1-12-10-13-5-2-9(14-10)15-6-3-8(11)4-7-15/h2,5,8H,3-4,6-7,11H2,1H3,(H,12,13,14). The molecule has 5 heteroatoms. The lowest BCUT2D eigenvalue weighted by molar-refractivity contribution is 0.498. The molecule has 0 aliphatic carbocycles. The highest BCUT2D eigenvalue weighted by Gasteiger charge is 2.17. The zero-order valence-corrected chi connectivity index (χ0v) is 8.98. The molecule has 2 heterocycles.